The standard InChI is InChI=1S/C13H9ClFN3S/c14-13-18-7-11(19-13)6-16-10-1-2-12-8(4-10)3-9(15)5-17-12/h1-5,7,16H,6H2. The Balaban J connectivity index is 1.81. The van der Waals surface area contributed by atoms with Gasteiger partial charge in [-0.3, -0.25) is 4.98 Å². The highest BCUT2D eigenvalue weighted by Crippen LogP contribution is 2.21. The summed E-state index contributed by atoms with van der Waals surface area (Å²) in [6, 6.07) is 7.11. The average Bonchev–Trinajstić information content (AvgIpc) is 2.81. The van der Waals surface area contributed by atoms with Crippen LogP contribution in [0.3, 0.4) is 0 Å². The van der Waals surface area contributed by atoms with E-state index in [4.69, 9.17) is 11.6 Å². The van der Waals surface area contributed by atoms with Crippen LogP contribution in [0.4, 0.5) is 10.1 Å². The topological polar surface area (TPSA) is 37.8 Å². The van der Waals surface area contributed by atoms with Gasteiger partial charge in [0.25, 0.3) is 0 Å². The lowest BCUT2D eigenvalue weighted by Gasteiger charge is -2.05. The van der Waals surface area contributed by atoms with Gasteiger partial charge in [0, 0.05) is 22.1 Å². The van der Waals surface area contributed by atoms with Crippen LogP contribution in [0.2, 0.25) is 4.47 Å². The zero-order chi connectivity index (χ0) is 13.2. The van der Waals surface area contributed by atoms with Crippen LogP contribution in [0.5, 0.6) is 0 Å². The number of hydrogen-bond acceptors (Lipinski definition) is 4. The van der Waals surface area contributed by atoms with Gasteiger partial charge in [-0.15, -0.1) is 11.3 Å². The lowest BCUT2D eigenvalue weighted by atomic mass is 10.2. The van der Waals surface area contributed by atoms with Crippen LogP contribution in [-0.4, -0.2) is 9.97 Å². The number of halogens is 2. The number of nitrogens with one attached hydrogen (secondary N) is 1. The fourth-order valence-electron chi connectivity index (χ4n) is 1.77. The quantitative estimate of drug-likeness (QED) is 0.790. The Bertz CT molecular complexity index is 729. The summed E-state index contributed by atoms with van der Waals surface area (Å²) in [5.74, 6) is -0.334. The van der Waals surface area contributed by atoms with Crippen LogP contribution in [-0.2, 0) is 6.54 Å². The molecule has 19 heavy (non-hydrogen) atoms. The van der Waals surface area contributed by atoms with Gasteiger partial charge in [-0.2, -0.15) is 0 Å². The molecule has 1 N–H and O–H groups in total. The summed E-state index contributed by atoms with van der Waals surface area (Å²) in [6.07, 6.45) is 2.96. The minimum Gasteiger partial charge on any atom is -0.380 e. The molecule has 0 aliphatic carbocycles. The third-order valence-corrected chi connectivity index (χ3v) is 3.75. The van der Waals surface area contributed by atoms with E-state index in [0.29, 0.717) is 11.0 Å². The molecule has 0 amide bonds. The summed E-state index contributed by atoms with van der Waals surface area (Å²) in [7, 11) is 0. The maximum absolute atomic E-state index is 13.1. The number of rotatable bonds is 3. The first kappa shape index (κ1) is 12.3. The highest BCUT2D eigenvalue weighted by molar-refractivity contribution is 7.15. The van der Waals surface area contributed by atoms with Crippen molar-refractivity contribution in [2.24, 2.45) is 0 Å². The molecule has 0 unspecified atom stereocenters. The van der Waals surface area contributed by atoms with Gasteiger partial charge in [-0.1, -0.05) is 11.6 Å². The van der Waals surface area contributed by atoms with Crippen LogP contribution in [0.1, 0.15) is 4.88 Å². The molecule has 0 aliphatic rings. The smallest absolute Gasteiger partial charge is 0.183 e. The number of anilines is 1. The molecule has 0 radical (unpaired) electrons. The molecule has 0 atom stereocenters. The van der Waals surface area contributed by atoms with E-state index in [-0.39, 0.29) is 5.82 Å². The number of hydrogen-bond donors (Lipinski definition) is 1. The largest absolute Gasteiger partial charge is 0.380 e. The van der Waals surface area contributed by atoms with Crippen molar-refractivity contribution in [3.05, 3.63) is 51.8 Å². The van der Waals surface area contributed by atoms with E-state index in [2.05, 4.69) is 15.3 Å². The van der Waals surface area contributed by atoms with Gasteiger partial charge in [-0.05, 0) is 24.3 Å². The van der Waals surface area contributed by atoms with Gasteiger partial charge in [-0.25, -0.2) is 9.37 Å². The molecule has 6 heteroatoms. The second-order valence-corrected chi connectivity index (χ2v) is 5.69. The molecule has 0 bridgehead atoms. The lowest BCUT2D eigenvalue weighted by Crippen LogP contribution is -1.97. The summed E-state index contributed by atoms with van der Waals surface area (Å²) >= 11 is 7.20. The summed E-state index contributed by atoms with van der Waals surface area (Å²) < 4.78 is 13.6. The van der Waals surface area contributed by atoms with E-state index in [1.54, 1.807) is 6.20 Å². The predicted octanol–water partition coefficient (Wildman–Crippen LogP) is 4.10. The minimum absolute atomic E-state index is 0.334. The first-order valence-corrected chi connectivity index (χ1v) is 6.79. The number of pyridine rings is 1. The zero-order valence-corrected chi connectivity index (χ0v) is 11.3. The van der Waals surface area contributed by atoms with Crippen molar-refractivity contribution in [2.75, 3.05) is 5.32 Å². The second kappa shape index (κ2) is 5.11. The van der Waals surface area contributed by atoms with Crippen LogP contribution < -0.4 is 5.32 Å². The molecule has 3 aromatic rings. The number of nitrogens with zero attached hydrogens (tertiary/aromatic N) is 2. The molecule has 0 saturated heterocycles. The molecule has 0 spiro atoms. The normalized spacial score (nSPS) is 10.8. The second-order valence-electron chi connectivity index (χ2n) is 3.99. The molecule has 1 aromatic carbocycles. The highest BCUT2D eigenvalue weighted by Gasteiger charge is 2.02. The Labute approximate surface area is 118 Å². The van der Waals surface area contributed by atoms with Crippen molar-refractivity contribution >= 4 is 39.5 Å². The summed E-state index contributed by atoms with van der Waals surface area (Å²) in [6.45, 7) is 0.638. The van der Waals surface area contributed by atoms with Crippen LogP contribution >= 0.6 is 22.9 Å². The Hall–Kier alpha value is -1.72. The molecule has 3 nitrogen and oxygen atoms in total. The first-order chi connectivity index (χ1) is 9.20. The lowest BCUT2D eigenvalue weighted by molar-refractivity contribution is 0.624. The van der Waals surface area contributed by atoms with Crippen molar-refractivity contribution < 1.29 is 4.39 Å². The minimum atomic E-state index is -0.334. The van der Waals surface area contributed by atoms with Gasteiger partial charge >= 0.3 is 0 Å². The van der Waals surface area contributed by atoms with E-state index >= 15 is 0 Å². The molecule has 3 rings (SSSR count). The van der Waals surface area contributed by atoms with E-state index in [1.807, 2.05) is 18.2 Å². The van der Waals surface area contributed by atoms with Gasteiger partial charge in [0.15, 0.2) is 4.47 Å². The highest BCUT2D eigenvalue weighted by atomic mass is 35.5. The van der Waals surface area contributed by atoms with Gasteiger partial charge in [0.2, 0.25) is 0 Å². The van der Waals surface area contributed by atoms with E-state index in [9.17, 15) is 4.39 Å². The third kappa shape index (κ3) is 2.83. The summed E-state index contributed by atoms with van der Waals surface area (Å²) in [5, 5.41) is 4.02. The maximum atomic E-state index is 13.1. The van der Waals surface area contributed by atoms with Gasteiger partial charge in [0.05, 0.1) is 18.3 Å². The van der Waals surface area contributed by atoms with Crippen molar-refractivity contribution in [1.29, 1.82) is 0 Å². The first-order valence-electron chi connectivity index (χ1n) is 5.60. The number of aromatic nitrogens is 2. The fraction of sp³-hybridized carbons (Fsp3) is 0.0769. The van der Waals surface area contributed by atoms with Gasteiger partial charge < -0.3 is 5.32 Å². The molecule has 2 aromatic heterocycles. The molecular weight excluding hydrogens is 285 g/mol. The molecule has 96 valence electrons. The number of thiazole rings is 1. The maximum Gasteiger partial charge on any atom is 0.183 e. The van der Waals surface area contributed by atoms with Crippen molar-refractivity contribution in [1.82, 2.24) is 9.97 Å². The van der Waals surface area contributed by atoms with E-state index < -0.39 is 0 Å². The molecule has 0 aliphatic heterocycles. The number of fused-ring (bicyclic) bond motifs is 1. The van der Waals surface area contributed by atoms with E-state index in [0.717, 1.165) is 21.5 Å². The monoisotopic (exact) mass is 293 g/mol. The number of benzene rings is 1. The Kier molecular flexibility index (Phi) is 3.31. The molecule has 0 fully saturated rings. The Morgan fingerprint density at radius 3 is 2.89 bits per heavy atom. The Morgan fingerprint density at radius 2 is 2.11 bits per heavy atom. The fourth-order valence-corrected chi connectivity index (χ4v) is 2.69. The van der Waals surface area contributed by atoms with Gasteiger partial charge in [0.1, 0.15) is 5.82 Å². The van der Waals surface area contributed by atoms with Crippen molar-refractivity contribution in [3.8, 4) is 0 Å². The van der Waals surface area contributed by atoms with Crippen molar-refractivity contribution in [2.45, 2.75) is 6.54 Å². The molecule has 0 saturated carbocycles. The van der Waals surface area contributed by atoms with E-state index in [1.165, 1.54) is 23.6 Å². The zero-order valence-electron chi connectivity index (χ0n) is 9.73. The molecular formula is C13H9ClFN3S. The SMILES string of the molecule is Fc1cnc2ccc(NCc3cnc(Cl)s3)cc2c1. The summed E-state index contributed by atoms with van der Waals surface area (Å²) in [5.41, 5.74) is 1.68. The molecule has 2 heterocycles. The van der Waals surface area contributed by atoms with Crippen LogP contribution in [0.25, 0.3) is 10.9 Å². The third-order valence-electron chi connectivity index (χ3n) is 2.64. The van der Waals surface area contributed by atoms with Crippen molar-refractivity contribution in [3.63, 3.8) is 0 Å². The predicted molar refractivity (Wildman–Crippen MR) is 76.2 cm³/mol. The average molecular weight is 294 g/mol. The summed E-state index contributed by atoms with van der Waals surface area (Å²) in [4.78, 5) is 9.03. The Morgan fingerprint density at radius 1 is 1.21 bits per heavy atom. The van der Waals surface area contributed by atoms with Crippen LogP contribution in [0, 0.1) is 5.82 Å². The van der Waals surface area contributed by atoms with Crippen LogP contribution in [0.15, 0.2) is 36.7 Å².